The van der Waals surface area contributed by atoms with Crippen molar-refractivity contribution in [2.24, 2.45) is 0 Å². The van der Waals surface area contributed by atoms with Gasteiger partial charge in [-0.15, -0.1) is 0 Å². The van der Waals surface area contributed by atoms with Gasteiger partial charge in [0.2, 0.25) is 5.91 Å². The number of anilines is 2. The Morgan fingerprint density at radius 1 is 1.10 bits per heavy atom. The van der Waals surface area contributed by atoms with Crippen molar-refractivity contribution in [3.8, 4) is 5.75 Å². The highest BCUT2D eigenvalue weighted by Crippen LogP contribution is 2.36. The Balaban J connectivity index is 1.65. The van der Waals surface area contributed by atoms with Crippen LogP contribution in [0.15, 0.2) is 42.5 Å². The summed E-state index contributed by atoms with van der Waals surface area (Å²) in [4.78, 5) is 39.0. The number of aryl methyl sites for hydroxylation is 1. The van der Waals surface area contributed by atoms with Crippen LogP contribution in [0.25, 0.3) is 0 Å². The van der Waals surface area contributed by atoms with Crippen molar-refractivity contribution in [2.75, 3.05) is 23.4 Å². The van der Waals surface area contributed by atoms with E-state index >= 15 is 0 Å². The molecule has 0 spiro atoms. The minimum Gasteiger partial charge on any atom is -0.482 e. The Bertz CT molecular complexity index is 1010. The average molecular weight is 424 g/mol. The zero-order valence-electron chi connectivity index (χ0n) is 18.5. The van der Waals surface area contributed by atoms with Crippen molar-refractivity contribution in [1.29, 1.82) is 0 Å². The van der Waals surface area contributed by atoms with Crippen molar-refractivity contribution >= 4 is 29.2 Å². The second-order valence-electron chi connectivity index (χ2n) is 8.40. The maximum atomic E-state index is 12.9. The number of hydrogen-bond donors (Lipinski definition) is 1. The smallest absolute Gasteiger partial charge is 0.344 e. The zero-order valence-corrected chi connectivity index (χ0v) is 18.5. The third-order valence-corrected chi connectivity index (χ3v) is 5.25. The summed E-state index contributed by atoms with van der Waals surface area (Å²) in [5.74, 6) is -0.590. The number of carbonyl (C=O) groups is 3. The van der Waals surface area contributed by atoms with Crippen LogP contribution in [0.1, 0.15) is 44.7 Å². The Kier molecular flexibility index (Phi) is 6.34. The fourth-order valence-electron chi connectivity index (χ4n) is 3.53. The number of nitrogens with zero attached hydrogens (tertiary/aromatic N) is 1. The molecule has 7 heteroatoms. The van der Waals surface area contributed by atoms with Gasteiger partial charge in [-0.25, -0.2) is 4.79 Å². The Labute approximate surface area is 182 Å². The highest BCUT2D eigenvalue weighted by atomic mass is 16.6. The van der Waals surface area contributed by atoms with E-state index in [1.54, 1.807) is 38.1 Å². The molecular weight excluding hydrogens is 396 g/mol. The molecule has 2 amide bonds. The van der Waals surface area contributed by atoms with Gasteiger partial charge in [-0.1, -0.05) is 38.1 Å². The molecule has 0 saturated carbocycles. The summed E-state index contributed by atoms with van der Waals surface area (Å²) in [7, 11) is 0. The number of esters is 1. The van der Waals surface area contributed by atoms with Gasteiger partial charge in [0.25, 0.3) is 5.91 Å². The first kappa shape index (κ1) is 22.3. The fraction of sp³-hybridized carbons (Fsp3) is 0.375. The first-order valence-corrected chi connectivity index (χ1v) is 10.2. The summed E-state index contributed by atoms with van der Waals surface area (Å²) in [5, 5.41) is 2.80. The second kappa shape index (κ2) is 8.79. The number of ether oxygens (including phenoxy) is 2. The second-order valence-corrected chi connectivity index (χ2v) is 8.40. The van der Waals surface area contributed by atoms with Crippen LogP contribution in [-0.2, 0) is 19.1 Å². The predicted octanol–water partition coefficient (Wildman–Crippen LogP) is 3.80. The Morgan fingerprint density at radius 2 is 1.81 bits per heavy atom. The van der Waals surface area contributed by atoms with Crippen molar-refractivity contribution in [3.63, 3.8) is 0 Å². The number of benzene rings is 2. The normalized spacial score (nSPS) is 14.6. The lowest BCUT2D eigenvalue weighted by Gasteiger charge is -2.41. The molecule has 0 aliphatic carbocycles. The SMILES string of the molecule is Cc1ccc(C(C)C)c(OCC(=O)OCC(=O)N2c3ccccc3NC(=O)C2(C)C)c1. The van der Waals surface area contributed by atoms with E-state index in [0.717, 1.165) is 11.1 Å². The van der Waals surface area contributed by atoms with E-state index in [2.05, 4.69) is 5.32 Å². The lowest BCUT2D eigenvalue weighted by molar-refractivity contribution is -0.150. The first-order valence-electron chi connectivity index (χ1n) is 10.2. The molecular formula is C24H28N2O5. The molecule has 1 N–H and O–H groups in total. The third-order valence-electron chi connectivity index (χ3n) is 5.25. The molecule has 0 fully saturated rings. The molecule has 0 radical (unpaired) electrons. The van der Waals surface area contributed by atoms with E-state index in [9.17, 15) is 14.4 Å². The summed E-state index contributed by atoms with van der Waals surface area (Å²) in [6.07, 6.45) is 0. The van der Waals surface area contributed by atoms with Crippen LogP contribution in [0.3, 0.4) is 0 Å². The van der Waals surface area contributed by atoms with Crippen LogP contribution in [0, 0.1) is 6.92 Å². The number of carbonyl (C=O) groups excluding carboxylic acids is 3. The van der Waals surface area contributed by atoms with Gasteiger partial charge in [-0.05, 0) is 56.0 Å². The number of rotatable bonds is 6. The fourth-order valence-corrected chi connectivity index (χ4v) is 3.53. The van der Waals surface area contributed by atoms with Gasteiger partial charge >= 0.3 is 5.97 Å². The molecule has 1 heterocycles. The standard InChI is InChI=1S/C24H28N2O5/c1-15(2)17-11-10-16(3)12-20(17)30-14-22(28)31-13-21(27)26-19-9-7-6-8-18(19)25-23(29)24(26,4)5/h6-12,15H,13-14H2,1-5H3,(H,25,29). The Hall–Kier alpha value is -3.35. The minimum absolute atomic E-state index is 0.237. The molecule has 0 saturated heterocycles. The van der Waals surface area contributed by atoms with Crippen LogP contribution < -0.4 is 15.0 Å². The minimum atomic E-state index is -1.12. The largest absolute Gasteiger partial charge is 0.482 e. The maximum absolute atomic E-state index is 12.9. The molecule has 0 bridgehead atoms. The summed E-state index contributed by atoms with van der Waals surface area (Å²) in [6, 6.07) is 12.9. The molecule has 1 aliphatic rings. The van der Waals surface area contributed by atoms with Gasteiger partial charge in [0.15, 0.2) is 13.2 Å². The monoisotopic (exact) mass is 424 g/mol. The number of nitrogens with one attached hydrogen (secondary N) is 1. The topological polar surface area (TPSA) is 84.9 Å². The molecule has 2 aromatic carbocycles. The average Bonchev–Trinajstić information content (AvgIpc) is 2.71. The van der Waals surface area contributed by atoms with Crippen LogP contribution in [-0.4, -0.2) is 36.5 Å². The van der Waals surface area contributed by atoms with Crippen molar-refractivity contribution in [3.05, 3.63) is 53.6 Å². The van der Waals surface area contributed by atoms with Crippen molar-refractivity contribution in [1.82, 2.24) is 0 Å². The lowest BCUT2D eigenvalue weighted by Crippen LogP contribution is -2.59. The van der Waals surface area contributed by atoms with Gasteiger partial charge in [0, 0.05) is 0 Å². The quantitative estimate of drug-likeness (QED) is 0.713. The molecule has 2 aromatic rings. The molecule has 31 heavy (non-hydrogen) atoms. The number of amides is 2. The molecule has 164 valence electrons. The van der Waals surface area contributed by atoms with Gasteiger partial charge in [0.1, 0.15) is 11.3 Å². The zero-order chi connectivity index (χ0) is 22.8. The molecule has 3 rings (SSSR count). The molecule has 0 atom stereocenters. The van der Waals surface area contributed by atoms with Crippen LogP contribution >= 0.6 is 0 Å². The van der Waals surface area contributed by atoms with Gasteiger partial charge in [-0.3, -0.25) is 14.5 Å². The van der Waals surface area contributed by atoms with E-state index in [1.165, 1.54) is 4.90 Å². The predicted molar refractivity (Wildman–Crippen MR) is 118 cm³/mol. The van der Waals surface area contributed by atoms with E-state index in [0.29, 0.717) is 17.1 Å². The Morgan fingerprint density at radius 3 is 2.52 bits per heavy atom. The third kappa shape index (κ3) is 4.71. The van der Waals surface area contributed by atoms with E-state index in [1.807, 2.05) is 39.0 Å². The molecule has 1 aliphatic heterocycles. The summed E-state index contributed by atoms with van der Waals surface area (Å²) in [6.45, 7) is 8.53. The van der Waals surface area contributed by atoms with E-state index < -0.39 is 24.0 Å². The maximum Gasteiger partial charge on any atom is 0.344 e. The van der Waals surface area contributed by atoms with E-state index in [-0.39, 0.29) is 18.4 Å². The van der Waals surface area contributed by atoms with Gasteiger partial charge < -0.3 is 14.8 Å². The number of fused-ring (bicyclic) bond motifs is 1. The van der Waals surface area contributed by atoms with Crippen molar-refractivity contribution in [2.45, 2.75) is 46.1 Å². The van der Waals surface area contributed by atoms with Crippen LogP contribution in [0.2, 0.25) is 0 Å². The van der Waals surface area contributed by atoms with E-state index in [4.69, 9.17) is 9.47 Å². The van der Waals surface area contributed by atoms with Gasteiger partial charge in [-0.2, -0.15) is 0 Å². The molecule has 7 nitrogen and oxygen atoms in total. The van der Waals surface area contributed by atoms with Crippen molar-refractivity contribution < 1.29 is 23.9 Å². The highest BCUT2D eigenvalue weighted by Gasteiger charge is 2.43. The van der Waals surface area contributed by atoms with Crippen LogP contribution in [0.5, 0.6) is 5.75 Å². The molecule has 0 unspecified atom stereocenters. The van der Waals surface area contributed by atoms with Crippen LogP contribution in [0.4, 0.5) is 11.4 Å². The summed E-state index contributed by atoms with van der Waals surface area (Å²) >= 11 is 0. The van der Waals surface area contributed by atoms with Gasteiger partial charge in [0.05, 0.1) is 11.4 Å². The molecule has 0 aromatic heterocycles. The highest BCUT2D eigenvalue weighted by molar-refractivity contribution is 6.14. The number of para-hydroxylation sites is 2. The summed E-state index contributed by atoms with van der Waals surface area (Å²) in [5.41, 5.74) is 1.99. The first-order chi connectivity index (χ1) is 14.6. The lowest BCUT2D eigenvalue weighted by atomic mass is 9.96. The summed E-state index contributed by atoms with van der Waals surface area (Å²) < 4.78 is 10.8. The number of hydrogen-bond acceptors (Lipinski definition) is 5.